The van der Waals surface area contributed by atoms with Crippen LogP contribution >= 0.6 is 0 Å². The third-order valence-electron chi connectivity index (χ3n) is 3.80. The van der Waals surface area contributed by atoms with E-state index in [0.29, 0.717) is 23.3 Å². The van der Waals surface area contributed by atoms with Crippen molar-refractivity contribution in [1.29, 1.82) is 0 Å². The summed E-state index contributed by atoms with van der Waals surface area (Å²) in [5.74, 6) is 1.20. The van der Waals surface area contributed by atoms with E-state index in [2.05, 4.69) is 20.4 Å². The van der Waals surface area contributed by atoms with Crippen LogP contribution in [-0.4, -0.2) is 21.0 Å². The van der Waals surface area contributed by atoms with Crippen LogP contribution in [0.4, 0.5) is 0 Å². The van der Waals surface area contributed by atoms with Crippen LogP contribution < -0.4 is 5.32 Å². The number of aryl methyl sites for hydroxylation is 2. The highest BCUT2D eigenvalue weighted by Gasteiger charge is 2.27. The van der Waals surface area contributed by atoms with Gasteiger partial charge in [0.1, 0.15) is 6.04 Å². The number of oxazole rings is 1. The summed E-state index contributed by atoms with van der Waals surface area (Å²) in [4.78, 5) is 21.1. The molecule has 1 aromatic carbocycles. The number of nitrogens with one attached hydrogen (secondary N) is 1. The molecule has 1 unspecified atom stereocenters. The fourth-order valence-corrected chi connectivity index (χ4v) is 2.53. The number of carbonyl (C=O) groups is 1. The van der Waals surface area contributed by atoms with Gasteiger partial charge in [0.2, 0.25) is 17.5 Å². The lowest BCUT2D eigenvalue weighted by molar-refractivity contribution is 0.0883. The lowest BCUT2D eigenvalue weighted by Gasteiger charge is -2.17. The Hall–Kier alpha value is -2.96. The van der Waals surface area contributed by atoms with Gasteiger partial charge < -0.3 is 14.3 Å². The van der Waals surface area contributed by atoms with Gasteiger partial charge in [-0.3, -0.25) is 4.79 Å². The first-order chi connectivity index (χ1) is 12.0. The van der Waals surface area contributed by atoms with E-state index in [0.717, 1.165) is 5.56 Å². The minimum atomic E-state index is -0.428. The largest absolute Gasteiger partial charge is 0.436 e. The second kappa shape index (κ2) is 6.88. The molecule has 1 N–H and O–H groups in total. The molecule has 130 valence electrons. The van der Waals surface area contributed by atoms with E-state index in [1.807, 2.05) is 44.2 Å². The van der Waals surface area contributed by atoms with Crippen LogP contribution in [0.5, 0.6) is 0 Å². The van der Waals surface area contributed by atoms with E-state index in [1.54, 1.807) is 13.8 Å². The smallest absolute Gasteiger partial charge is 0.289 e. The highest BCUT2D eigenvalue weighted by atomic mass is 16.5. The SMILES string of the molecule is Cc1nc(C)c(C(=O)NC(c2nc(-c3ccccc3)no2)C(C)C)o1. The molecule has 0 fully saturated rings. The Balaban J connectivity index is 1.83. The summed E-state index contributed by atoms with van der Waals surface area (Å²) in [6.07, 6.45) is 0. The van der Waals surface area contributed by atoms with Crippen molar-refractivity contribution < 1.29 is 13.7 Å². The highest BCUT2D eigenvalue weighted by molar-refractivity contribution is 5.92. The van der Waals surface area contributed by atoms with Crippen LogP contribution in [0, 0.1) is 19.8 Å². The molecule has 1 amide bonds. The fourth-order valence-electron chi connectivity index (χ4n) is 2.53. The van der Waals surface area contributed by atoms with Crippen molar-refractivity contribution >= 4 is 5.91 Å². The molecule has 3 aromatic rings. The first kappa shape index (κ1) is 16.9. The number of aromatic nitrogens is 3. The van der Waals surface area contributed by atoms with Crippen molar-refractivity contribution in [3.05, 3.63) is 53.6 Å². The van der Waals surface area contributed by atoms with Crippen LogP contribution in [0.3, 0.4) is 0 Å². The third kappa shape index (κ3) is 3.60. The standard InChI is InChI=1S/C18H20N4O3/c1-10(2)14(20-17(23)15-11(3)19-12(4)24-15)18-21-16(22-25-18)13-8-6-5-7-9-13/h5-10,14H,1-4H3,(H,20,23). The summed E-state index contributed by atoms with van der Waals surface area (Å²) >= 11 is 0. The van der Waals surface area contributed by atoms with Gasteiger partial charge in [-0.05, 0) is 12.8 Å². The number of hydrogen-bond donors (Lipinski definition) is 1. The van der Waals surface area contributed by atoms with Gasteiger partial charge in [-0.1, -0.05) is 49.3 Å². The Morgan fingerprint density at radius 1 is 1.12 bits per heavy atom. The molecule has 0 aliphatic rings. The van der Waals surface area contributed by atoms with E-state index >= 15 is 0 Å². The molecule has 0 aliphatic carbocycles. The maximum atomic E-state index is 12.5. The fraction of sp³-hybridized carbons (Fsp3) is 0.333. The molecule has 7 nitrogen and oxygen atoms in total. The van der Waals surface area contributed by atoms with Crippen molar-refractivity contribution in [2.24, 2.45) is 5.92 Å². The Bertz CT molecular complexity index is 868. The number of hydrogen-bond acceptors (Lipinski definition) is 6. The predicted octanol–water partition coefficient (Wildman–Crippen LogP) is 3.47. The summed E-state index contributed by atoms with van der Waals surface area (Å²) in [6.45, 7) is 7.37. The van der Waals surface area contributed by atoms with Crippen molar-refractivity contribution in [3.63, 3.8) is 0 Å². The molecule has 0 aliphatic heterocycles. The summed E-state index contributed by atoms with van der Waals surface area (Å²) in [6, 6.07) is 9.10. The summed E-state index contributed by atoms with van der Waals surface area (Å²) < 4.78 is 10.8. The van der Waals surface area contributed by atoms with Crippen LogP contribution in [0.2, 0.25) is 0 Å². The van der Waals surface area contributed by atoms with E-state index < -0.39 is 6.04 Å². The quantitative estimate of drug-likeness (QED) is 0.764. The lowest BCUT2D eigenvalue weighted by atomic mass is 10.0. The highest BCUT2D eigenvalue weighted by Crippen LogP contribution is 2.24. The number of carbonyl (C=O) groups excluding carboxylic acids is 1. The molecule has 0 saturated carbocycles. The zero-order valence-corrected chi connectivity index (χ0v) is 14.6. The van der Waals surface area contributed by atoms with Crippen LogP contribution in [0.1, 0.15) is 47.9 Å². The lowest BCUT2D eigenvalue weighted by Crippen LogP contribution is -2.32. The van der Waals surface area contributed by atoms with Crippen molar-refractivity contribution in [2.75, 3.05) is 0 Å². The van der Waals surface area contributed by atoms with E-state index in [9.17, 15) is 4.79 Å². The first-order valence-electron chi connectivity index (χ1n) is 8.09. The molecule has 0 bridgehead atoms. The summed E-state index contributed by atoms with van der Waals surface area (Å²) in [5.41, 5.74) is 1.40. The zero-order chi connectivity index (χ0) is 18.0. The van der Waals surface area contributed by atoms with Gasteiger partial charge in [-0.15, -0.1) is 0 Å². The molecule has 0 radical (unpaired) electrons. The Morgan fingerprint density at radius 2 is 1.84 bits per heavy atom. The second-order valence-electron chi connectivity index (χ2n) is 6.16. The molecule has 3 rings (SSSR count). The Morgan fingerprint density at radius 3 is 2.44 bits per heavy atom. The average molecular weight is 340 g/mol. The van der Waals surface area contributed by atoms with Crippen molar-refractivity contribution in [1.82, 2.24) is 20.4 Å². The van der Waals surface area contributed by atoms with Gasteiger partial charge in [0, 0.05) is 12.5 Å². The minimum absolute atomic E-state index is 0.0531. The molecular formula is C18H20N4O3. The number of nitrogens with zero attached hydrogens (tertiary/aromatic N) is 3. The van der Waals surface area contributed by atoms with E-state index in [4.69, 9.17) is 8.94 Å². The summed E-state index contributed by atoms with van der Waals surface area (Å²) in [5, 5.41) is 6.92. The number of amides is 1. The van der Waals surface area contributed by atoms with Crippen molar-refractivity contribution in [3.8, 4) is 11.4 Å². The van der Waals surface area contributed by atoms with E-state index in [1.165, 1.54) is 0 Å². The van der Waals surface area contributed by atoms with Crippen LogP contribution in [-0.2, 0) is 0 Å². The Labute approximate surface area is 145 Å². The van der Waals surface area contributed by atoms with Gasteiger partial charge >= 0.3 is 0 Å². The predicted molar refractivity (Wildman–Crippen MR) is 90.8 cm³/mol. The van der Waals surface area contributed by atoms with Crippen molar-refractivity contribution in [2.45, 2.75) is 33.7 Å². The van der Waals surface area contributed by atoms with Gasteiger partial charge in [-0.2, -0.15) is 4.98 Å². The maximum Gasteiger partial charge on any atom is 0.289 e. The minimum Gasteiger partial charge on any atom is -0.436 e. The molecule has 7 heteroatoms. The maximum absolute atomic E-state index is 12.5. The monoisotopic (exact) mass is 340 g/mol. The average Bonchev–Trinajstić information content (AvgIpc) is 3.19. The second-order valence-corrected chi connectivity index (χ2v) is 6.16. The third-order valence-corrected chi connectivity index (χ3v) is 3.80. The zero-order valence-electron chi connectivity index (χ0n) is 14.6. The van der Waals surface area contributed by atoms with Gasteiger partial charge in [0.05, 0.1) is 5.69 Å². The number of benzene rings is 1. The molecule has 25 heavy (non-hydrogen) atoms. The molecule has 0 spiro atoms. The molecule has 0 saturated heterocycles. The van der Waals surface area contributed by atoms with Crippen LogP contribution in [0.25, 0.3) is 11.4 Å². The molecular weight excluding hydrogens is 320 g/mol. The first-order valence-corrected chi connectivity index (χ1v) is 8.09. The van der Waals surface area contributed by atoms with E-state index in [-0.39, 0.29) is 17.6 Å². The number of rotatable bonds is 5. The Kier molecular flexibility index (Phi) is 4.65. The van der Waals surface area contributed by atoms with Crippen LogP contribution in [0.15, 0.2) is 39.3 Å². The molecule has 1 atom stereocenters. The summed E-state index contributed by atoms with van der Waals surface area (Å²) in [7, 11) is 0. The van der Waals surface area contributed by atoms with Gasteiger partial charge in [0.25, 0.3) is 5.91 Å². The van der Waals surface area contributed by atoms with Gasteiger partial charge in [0.15, 0.2) is 5.89 Å². The van der Waals surface area contributed by atoms with Gasteiger partial charge in [-0.25, -0.2) is 4.98 Å². The topological polar surface area (TPSA) is 94.1 Å². The normalized spacial score (nSPS) is 12.4. The molecule has 2 heterocycles. The molecule has 2 aromatic heterocycles.